The molecule has 0 aliphatic heterocycles. The second-order valence-electron chi connectivity index (χ2n) is 5.60. The summed E-state index contributed by atoms with van der Waals surface area (Å²) < 4.78 is 1.98. The Bertz CT molecular complexity index is 794. The Morgan fingerprint density at radius 3 is 2.80 bits per heavy atom. The number of likely N-dealkylation sites (N-methyl/N-ethyl adjacent to an activating group) is 1. The lowest BCUT2D eigenvalue weighted by molar-refractivity contribution is 0.484. The number of nitrogens with zero attached hydrogens (tertiary/aromatic N) is 5. The lowest BCUT2D eigenvalue weighted by Crippen LogP contribution is -2.39. The molecule has 2 aromatic heterocycles. The number of aliphatic imine (C=N–C) groups is 1. The Morgan fingerprint density at radius 2 is 2.08 bits per heavy atom. The van der Waals surface area contributed by atoms with Gasteiger partial charge >= 0.3 is 0 Å². The maximum absolute atomic E-state index is 4.37. The number of guanidine groups is 1. The zero-order valence-electron chi connectivity index (χ0n) is 14.5. The summed E-state index contributed by atoms with van der Waals surface area (Å²) in [6.45, 7) is 1.47. The molecule has 1 aromatic carbocycles. The van der Waals surface area contributed by atoms with E-state index in [-0.39, 0.29) is 0 Å². The molecule has 0 fully saturated rings. The smallest absolute Gasteiger partial charge is 0.193 e. The predicted molar refractivity (Wildman–Crippen MR) is 102 cm³/mol. The summed E-state index contributed by atoms with van der Waals surface area (Å²) >= 11 is 1.79. The van der Waals surface area contributed by atoms with Gasteiger partial charge in [-0.2, -0.15) is 0 Å². The minimum Gasteiger partial charge on any atom is -0.349 e. The molecule has 0 saturated heterocycles. The van der Waals surface area contributed by atoms with Gasteiger partial charge in [0.2, 0.25) is 0 Å². The molecular formula is C18H22N6S. The number of hydrogen-bond donors (Lipinski definition) is 1. The van der Waals surface area contributed by atoms with Crippen LogP contribution in [0.3, 0.4) is 0 Å². The van der Waals surface area contributed by atoms with Crippen LogP contribution in [0.1, 0.15) is 10.7 Å². The van der Waals surface area contributed by atoms with Crippen molar-refractivity contribution in [3.05, 3.63) is 64.9 Å². The van der Waals surface area contributed by atoms with Crippen LogP contribution in [0.25, 0.3) is 5.69 Å². The zero-order chi connectivity index (χ0) is 17.5. The molecule has 0 radical (unpaired) electrons. The van der Waals surface area contributed by atoms with Gasteiger partial charge in [0.05, 0.1) is 6.54 Å². The monoisotopic (exact) mass is 354 g/mol. The van der Waals surface area contributed by atoms with Crippen molar-refractivity contribution in [1.29, 1.82) is 0 Å². The first-order chi connectivity index (χ1) is 12.3. The molecule has 0 bridgehead atoms. The standard InChI is InChI=1S/C18H22N6S/c1-19-18(23(2)11-10-16-9-6-12-25-16)20-13-17-22-21-14-24(17)15-7-4-3-5-8-15/h3-9,12,14H,10-11,13H2,1-2H3,(H,19,20). The van der Waals surface area contributed by atoms with Gasteiger partial charge in [-0.1, -0.05) is 24.3 Å². The second-order valence-corrected chi connectivity index (χ2v) is 6.64. The average molecular weight is 354 g/mol. The molecule has 0 atom stereocenters. The summed E-state index contributed by atoms with van der Waals surface area (Å²) in [6, 6.07) is 14.3. The van der Waals surface area contributed by atoms with E-state index in [0.717, 1.165) is 30.4 Å². The molecule has 3 rings (SSSR count). The van der Waals surface area contributed by atoms with Crippen molar-refractivity contribution >= 4 is 17.3 Å². The van der Waals surface area contributed by atoms with E-state index in [1.165, 1.54) is 4.88 Å². The van der Waals surface area contributed by atoms with Crippen molar-refractivity contribution < 1.29 is 0 Å². The first kappa shape index (κ1) is 17.2. The summed E-state index contributed by atoms with van der Waals surface area (Å²) in [5, 5.41) is 13.7. The van der Waals surface area contributed by atoms with Crippen LogP contribution in [0.2, 0.25) is 0 Å². The topological polar surface area (TPSA) is 58.3 Å². The molecule has 0 spiro atoms. The van der Waals surface area contributed by atoms with Crippen molar-refractivity contribution in [2.75, 3.05) is 20.6 Å². The second kappa shape index (κ2) is 8.43. The van der Waals surface area contributed by atoms with Crippen molar-refractivity contribution in [3.63, 3.8) is 0 Å². The van der Waals surface area contributed by atoms with Gasteiger partial charge in [0.15, 0.2) is 11.8 Å². The van der Waals surface area contributed by atoms with Gasteiger partial charge in [0.1, 0.15) is 6.33 Å². The van der Waals surface area contributed by atoms with Crippen LogP contribution < -0.4 is 5.32 Å². The molecule has 6 nitrogen and oxygen atoms in total. The maximum atomic E-state index is 4.37. The van der Waals surface area contributed by atoms with Gasteiger partial charge in [-0.3, -0.25) is 9.56 Å². The molecule has 1 N–H and O–H groups in total. The quantitative estimate of drug-likeness (QED) is 0.546. The third-order valence-electron chi connectivity index (χ3n) is 3.90. The summed E-state index contributed by atoms with van der Waals surface area (Å²) in [7, 11) is 3.84. The summed E-state index contributed by atoms with van der Waals surface area (Å²) in [4.78, 5) is 7.88. The van der Waals surface area contributed by atoms with Gasteiger partial charge in [0, 0.05) is 31.2 Å². The predicted octanol–water partition coefficient (Wildman–Crippen LogP) is 2.58. The van der Waals surface area contributed by atoms with Crippen LogP contribution >= 0.6 is 11.3 Å². The van der Waals surface area contributed by atoms with Crippen LogP contribution in [0.5, 0.6) is 0 Å². The van der Waals surface area contributed by atoms with Crippen LogP contribution in [0, 0.1) is 0 Å². The van der Waals surface area contributed by atoms with Gasteiger partial charge in [0.25, 0.3) is 0 Å². The fraction of sp³-hybridized carbons (Fsp3) is 0.278. The summed E-state index contributed by atoms with van der Waals surface area (Å²) in [6.07, 6.45) is 2.74. The van der Waals surface area contributed by atoms with E-state index in [9.17, 15) is 0 Å². The molecular weight excluding hydrogens is 332 g/mol. The van der Waals surface area contributed by atoms with E-state index < -0.39 is 0 Å². The summed E-state index contributed by atoms with van der Waals surface area (Å²) in [5.74, 6) is 1.69. The zero-order valence-corrected chi connectivity index (χ0v) is 15.3. The van der Waals surface area contributed by atoms with E-state index in [4.69, 9.17) is 0 Å². The minimum absolute atomic E-state index is 0.560. The van der Waals surface area contributed by atoms with E-state index >= 15 is 0 Å². The van der Waals surface area contributed by atoms with E-state index in [1.54, 1.807) is 24.7 Å². The Hall–Kier alpha value is -2.67. The lowest BCUT2D eigenvalue weighted by Gasteiger charge is -2.21. The van der Waals surface area contributed by atoms with Crippen molar-refractivity contribution in [1.82, 2.24) is 25.0 Å². The lowest BCUT2D eigenvalue weighted by atomic mass is 10.3. The first-order valence-corrected chi connectivity index (χ1v) is 9.04. The van der Waals surface area contributed by atoms with Crippen molar-refractivity contribution in [2.45, 2.75) is 13.0 Å². The van der Waals surface area contributed by atoms with Gasteiger partial charge in [-0.15, -0.1) is 21.5 Å². The third kappa shape index (κ3) is 4.45. The average Bonchev–Trinajstić information content (AvgIpc) is 3.33. The molecule has 3 aromatic rings. The number of hydrogen-bond acceptors (Lipinski definition) is 4. The fourth-order valence-corrected chi connectivity index (χ4v) is 3.26. The Balaban J connectivity index is 1.59. The minimum atomic E-state index is 0.560. The van der Waals surface area contributed by atoms with Crippen LogP contribution in [-0.2, 0) is 13.0 Å². The van der Waals surface area contributed by atoms with Crippen LogP contribution in [0.15, 0.2) is 59.2 Å². The highest BCUT2D eigenvalue weighted by atomic mass is 32.1. The first-order valence-electron chi connectivity index (χ1n) is 8.16. The molecule has 0 saturated carbocycles. The summed E-state index contributed by atoms with van der Waals surface area (Å²) in [5.41, 5.74) is 1.05. The SMILES string of the molecule is CN=C(NCc1nncn1-c1ccccc1)N(C)CCc1cccs1. The molecule has 2 heterocycles. The number of rotatable bonds is 6. The number of thiophene rings is 1. The molecule has 130 valence electrons. The molecule has 0 aliphatic carbocycles. The largest absolute Gasteiger partial charge is 0.349 e. The van der Waals surface area contributed by atoms with Gasteiger partial charge in [-0.05, 0) is 30.0 Å². The third-order valence-corrected chi connectivity index (χ3v) is 4.84. The highest BCUT2D eigenvalue weighted by Gasteiger charge is 2.10. The van der Waals surface area contributed by atoms with E-state index in [1.807, 2.05) is 41.9 Å². The van der Waals surface area contributed by atoms with Crippen LogP contribution in [-0.4, -0.2) is 46.3 Å². The highest BCUT2D eigenvalue weighted by Crippen LogP contribution is 2.10. The molecule has 0 aliphatic rings. The number of nitrogens with one attached hydrogen (secondary N) is 1. The van der Waals surface area contributed by atoms with E-state index in [0.29, 0.717) is 6.54 Å². The normalized spacial score (nSPS) is 11.5. The van der Waals surface area contributed by atoms with Crippen molar-refractivity contribution in [3.8, 4) is 5.69 Å². The van der Waals surface area contributed by atoms with Crippen LogP contribution in [0.4, 0.5) is 0 Å². The Morgan fingerprint density at radius 1 is 1.24 bits per heavy atom. The fourth-order valence-electron chi connectivity index (χ4n) is 2.57. The molecule has 0 unspecified atom stereocenters. The maximum Gasteiger partial charge on any atom is 0.193 e. The Kier molecular flexibility index (Phi) is 5.79. The number of benzene rings is 1. The molecule has 0 amide bonds. The molecule has 7 heteroatoms. The highest BCUT2D eigenvalue weighted by molar-refractivity contribution is 7.09. The van der Waals surface area contributed by atoms with E-state index in [2.05, 4.69) is 42.9 Å². The van der Waals surface area contributed by atoms with Gasteiger partial charge in [-0.25, -0.2) is 0 Å². The number of para-hydroxylation sites is 1. The van der Waals surface area contributed by atoms with Crippen molar-refractivity contribution in [2.24, 2.45) is 4.99 Å². The Labute approximate surface area is 151 Å². The molecule has 25 heavy (non-hydrogen) atoms. The number of aromatic nitrogens is 3. The van der Waals surface area contributed by atoms with Gasteiger partial charge < -0.3 is 10.2 Å².